The highest BCUT2D eigenvalue weighted by Crippen LogP contribution is 2.37. The highest BCUT2D eigenvalue weighted by Gasteiger charge is 2.29. The Labute approximate surface area is 176 Å². The highest BCUT2D eigenvalue weighted by molar-refractivity contribution is 5.90. The molecule has 9 heteroatoms. The van der Waals surface area contributed by atoms with Crippen LogP contribution in [0.25, 0.3) is 22.2 Å². The summed E-state index contributed by atoms with van der Waals surface area (Å²) in [6.07, 6.45) is -4.76. The third kappa shape index (κ3) is 5.58. The summed E-state index contributed by atoms with van der Waals surface area (Å²) < 4.78 is 51.2. The topological polar surface area (TPSA) is 72.7 Å². The fraction of sp³-hybridized carbons (Fsp3) is 0.227. The van der Waals surface area contributed by atoms with Crippen molar-refractivity contribution >= 4 is 22.6 Å². The molecule has 2 aromatic carbocycles. The number of benzene rings is 2. The lowest BCUT2D eigenvalue weighted by Crippen LogP contribution is -2.25. The van der Waals surface area contributed by atoms with E-state index in [1.54, 1.807) is 23.0 Å². The van der Waals surface area contributed by atoms with Crippen LogP contribution in [0.4, 0.5) is 18.9 Å². The first kappa shape index (κ1) is 22.2. The lowest BCUT2D eigenvalue weighted by Gasteiger charge is -2.17. The van der Waals surface area contributed by atoms with E-state index in [9.17, 15) is 23.1 Å². The van der Waals surface area contributed by atoms with E-state index in [4.69, 9.17) is 9.47 Å². The minimum absolute atomic E-state index is 0.133. The van der Waals surface area contributed by atoms with Crippen molar-refractivity contribution in [1.82, 2.24) is 4.57 Å². The molecule has 0 saturated heterocycles. The number of halogens is 3. The van der Waals surface area contributed by atoms with Crippen LogP contribution in [0.15, 0.2) is 61.2 Å². The minimum Gasteiger partial charge on any atom is -0.491 e. The average molecular weight is 434 g/mol. The second-order valence-electron chi connectivity index (χ2n) is 6.78. The molecule has 0 radical (unpaired) electrons. The largest absolute Gasteiger partial charge is 0.491 e. The van der Waals surface area contributed by atoms with Crippen LogP contribution in [0, 0.1) is 0 Å². The Kier molecular flexibility index (Phi) is 6.55. The summed E-state index contributed by atoms with van der Waals surface area (Å²) in [5, 5.41) is 12.3. The van der Waals surface area contributed by atoms with E-state index < -0.39 is 18.4 Å². The van der Waals surface area contributed by atoms with E-state index in [0.29, 0.717) is 5.69 Å². The number of aliphatic hydroxyl groups is 1. The number of nitrogens with one attached hydrogen (secondary N) is 1. The molecule has 0 aliphatic heterocycles. The molecule has 3 aromatic rings. The molecule has 2 N–H and O–H groups in total. The molecule has 1 heterocycles. The number of nitrogens with zero attached hydrogens (tertiary/aromatic N) is 1. The summed E-state index contributed by atoms with van der Waals surface area (Å²) in [5.74, 6) is -0.429. The predicted molar refractivity (Wildman–Crippen MR) is 111 cm³/mol. The monoisotopic (exact) mass is 434 g/mol. The van der Waals surface area contributed by atoms with Gasteiger partial charge in [0.25, 0.3) is 0 Å². The molecule has 0 aliphatic carbocycles. The third-order valence-corrected chi connectivity index (χ3v) is 4.52. The van der Waals surface area contributed by atoms with Crippen LogP contribution in [0.1, 0.15) is 0 Å². The van der Waals surface area contributed by atoms with Crippen LogP contribution in [0.5, 0.6) is 5.75 Å². The van der Waals surface area contributed by atoms with Gasteiger partial charge in [-0.1, -0.05) is 24.8 Å². The lowest BCUT2D eigenvalue weighted by molar-refractivity contribution is -0.141. The van der Waals surface area contributed by atoms with Gasteiger partial charge < -0.3 is 19.1 Å². The van der Waals surface area contributed by atoms with Crippen LogP contribution in [0.2, 0.25) is 0 Å². The number of alkyl halides is 3. The minimum atomic E-state index is -4.62. The van der Waals surface area contributed by atoms with Gasteiger partial charge in [-0.05, 0) is 30.3 Å². The fourth-order valence-electron chi connectivity index (χ4n) is 3.11. The highest BCUT2D eigenvalue weighted by atomic mass is 19.4. The van der Waals surface area contributed by atoms with Crippen LogP contribution in [-0.4, -0.2) is 41.3 Å². The third-order valence-electron chi connectivity index (χ3n) is 4.52. The fourth-order valence-corrected chi connectivity index (χ4v) is 3.11. The number of para-hydroxylation sites is 1. The van der Waals surface area contributed by atoms with Crippen LogP contribution in [-0.2, 0) is 16.6 Å². The first-order valence-electron chi connectivity index (χ1n) is 9.32. The van der Waals surface area contributed by atoms with Gasteiger partial charge in [-0.15, -0.1) is 0 Å². The van der Waals surface area contributed by atoms with Crippen molar-refractivity contribution in [3.8, 4) is 17.0 Å². The second kappa shape index (κ2) is 9.13. The van der Waals surface area contributed by atoms with Crippen LogP contribution in [0.3, 0.4) is 0 Å². The zero-order valence-electron chi connectivity index (χ0n) is 16.6. The zero-order chi connectivity index (χ0) is 22.6. The molecule has 0 saturated carbocycles. The van der Waals surface area contributed by atoms with Gasteiger partial charge in [-0.3, -0.25) is 5.32 Å². The number of aromatic nitrogens is 1. The van der Waals surface area contributed by atoms with Crippen molar-refractivity contribution in [3.63, 3.8) is 0 Å². The van der Waals surface area contributed by atoms with Gasteiger partial charge in [0.1, 0.15) is 25.1 Å². The van der Waals surface area contributed by atoms with E-state index in [-0.39, 0.29) is 30.2 Å². The number of anilines is 1. The first-order valence-corrected chi connectivity index (χ1v) is 9.32. The summed E-state index contributed by atoms with van der Waals surface area (Å²) in [5.41, 5.74) is 1.56. The Bertz CT molecular complexity index is 1090. The van der Waals surface area contributed by atoms with Gasteiger partial charge in [0.15, 0.2) is 0 Å². The number of esters is 1. The maximum absolute atomic E-state index is 13.0. The molecule has 0 fully saturated rings. The van der Waals surface area contributed by atoms with E-state index in [1.165, 1.54) is 18.2 Å². The predicted octanol–water partition coefficient (Wildman–Crippen LogP) is 4.25. The summed E-state index contributed by atoms with van der Waals surface area (Å²) in [4.78, 5) is 11.1. The Morgan fingerprint density at radius 1 is 1.23 bits per heavy atom. The summed E-state index contributed by atoms with van der Waals surface area (Å²) >= 11 is 0. The van der Waals surface area contributed by atoms with Gasteiger partial charge in [-0.25, -0.2) is 4.79 Å². The maximum atomic E-state index is 13.0. The Morgan fingerprint density at radius 3 is 2.65 bits per heavy atom. The van der Waals surface area contributed by atoms with Crippen LogP contribution >= 0.6 is 0 Å². The van der Waals surface area contributed by atoms with Gasteiger partial charge in [0, 0.05) is 29.6 Å². The smallest absolute Gasteiger partial charge is 0.482 e. The van der Waals surface area contributed by atoms with Gasteiger partial charge in [0.2, 0.25) is 0 Å². The number of fused-ring (bicyclic) bond motifs is 1. The van der Waals surface area contributed by atoms with E-state index in [0.717, 1.165) is 17.0 Å². The molecule has 6 nitrogen and oxygen atoms in total. The number of rotatable bonds is 8. The molecule has 1 aromatic heterocycles. The standard InChI is InChI=1S/C22H21F3N2O4/c1-3-21(29)31-13-15(28)12-30-16-8-9-18(26-22(23,24)25)17(11-16)20-10-14-6-4-5-7-19(14)27(20)2/h3-11,15,26,28H,1,12-13H2,2H3. The maximum Gasteiger partial charge on any atom is 0.482 e. The van der Waals surface area contributed by atoms with E-state index in [2.05, 4.69) is 6.58 Å². The molecular weight excluding hydrogens is 413 g/mol. The van der Waals surface area contributed by atoms with Gasteiger partial charge in [0.05, 0.1) is 11.4 Å². The quantitative estimate of drug-likeness (QED) is 0.315. The van der Waals surface area contributed by atoms with E-state index in [1.807, 2.05) is 24.3 Å². The molecule has 0 bridgehead atoms. The van der Waals surface area contributed by atoms with E-state index >= 15 is 0 Å². The number of hydrogen-bond acceptors (Lipinski definition) is 5. The number of hydrogen-bond donors (Lipinski definition) is 2. The number of carbonyl (C=O) groups excluding carboxylic acids is 1. The Morgan fingerprint density at radius 2 is 1.97 bits per heavy atom. The summed E-state index contributed by atoms with van der Waals surface area (Å²) in [6.45, 7) is 2.74. The SMILES string of the molecule is C=CC(=O)OCC(O)COc1ccc(NC(F)(F)F)c(-c2cc3ccccc3n2C)c1. The molecule has 164 valence electrons. The van der Waals surface area contributed by atoms with Crippen LogP contribution < -0.4 is 10.1 Å². The summed E-state index contributed by atoms with van der Waals surface area (Å²) in [7, 11) is 1.76. The summed E-state index contributed by atoms with van der Waals surface area (Å²) in [6, 6.07) is 13.3. The lowest BCUT2D eigenvalue weighted by atomic mass is 10.1. The molecule has 0 amide bonds. The molecule has 0 spiro atoms. The Balaban J connectivity index is 1.89. The normalized spacial score (nSPS) is 12.4. The molecule has 0 aliphatic rings. The molecular formula is C22H21F3N2O4. The number of ether oxygens (including phenoxy) is 2. The number of aliphatic hydroxyl groups excluding tert-OH is 1. The number of aryl methyl sites for hydroxylation is 1. The van der Waals surface area contributed by atoms with Crippen molar-refractivity contribution in [2.24, 2.45) is 7.05 Å². The molecule has 1 atom stereocenters. The Hall–Kier alpha value is -3.46. The van der Waals surface area contributed by atoms with Gasteiger partial charge >= 0.3 is 12.3 Å². The zero-order valence-corrected chi connectivity index (χ0v) is 16.6. The van der Waals surface area contributed by atoms with Gasteiger partial charge in [-0.2, -0.15) is 13.2 Å². The van der Waals surface area contributed by atoms with Crippen molar-refractivity contribution in [2.75, 3.05) is 18.5 Å². The molecule has 3 rings (SSSR count). The van der Waals surface area contributed by atoms with Crippen molar-refractivity contribution < 1.29 is 32.5 Å². The average Bonchev–Trinajstić information content (AvgIpc) is 3.06. The molecule has 31 heavy (non-hydrogen) atoms. The second-order valence-corrected chi connectivity index (χ2v) is 6.78. The first-order chi connectivity index (χ1) is 14.7. The van der Waals surface area contributed by atoms with Crippen molar-refractivity contribution in [2.45, 2.75) is 12.4 Å². The number of carbonyl (C=O) groups is 1. The van der Waals surface area contributed by atoms with Crippen molar-refractivity contribution in [1.29, 1.82) is 0 Å². The molecule has 1 unspecified atom stereocenters. The van der Waals surface area contributed by atoms with Crippen molar-refractivity contribution in [3.05, 3.63) is 61.2 Å².